The van der Waals surface area contributed by atoms with Gasteiger partial charge in [-0.05, 0) is 20.3 Å². The molecular formula is C9H17NO3. The first-order valence-corrected chi connectivity index (χ1v) is 4.45. The highest BCUT2D eigenvalue weighted by Crippen LogP contribution is 1.89. The van der Waals surface area contributed by atoms with Gasteiger partial charge in [0.25, 0.3) is 0 Å². The van der Waals surface area contributed by atoms with Crippen LogP contribution in [0.15, 0.2) is 5.16 Å². The van der Waals surface area contributed by atoms with Crippen LogP contribution in [-0.2, 0) is 14.4 Å². The van der Waals surface area contributed by atoms with E-state index >= 15 is 0 Å². The molecule has 0 unspecified atom stereocenters. The standard InChI is InChI=1S/C9H17NO3/c1-4-5-6-12-9(11)7-13-10-8(2)3/h4-7H2,1-3H3. The molecule has 4 heteroatoms. The number of hydrogen-bond donors (Lipinski definition) is 0. The number of carbonyl (C=O) groups excluding carboxylic acids is 1. The predicted octanol–water partition coefficient (Wildman–Crippen LogP) is 1.74. The van der Waals surface area contributed by atoms with Gasteiger partial charge in [-0.3, -0.25) is 0 Å². The summed E-state index contributed by atoms with van der Waals surface area (Å²) < 4.78 is 4.83. The first kappa shape index (κ1) is 11.9. The van der Waals surface area contributed by atoms with E-state index in [2.05, 4.69) is 5.16 Å². The molecule has 4 nitrogen and oxygen atoms in total. The monoisotopic (exact) mass is 187 g/mol. The van der Waals surface area contributed by atoms with Gasteiger partial charge in [0, 0.05) is 0 Å². The van der Waals surface area contributed by atoms with E-state index in [1.165, 1.54) is 0 Å². The molecule has 0 aromatic heterocycles. The van der Waals surface area contributed by atoms with Crippen LogP contribution in [0, 0.1) is 0 Å². The van der Waals surface area contributed by atoms with Crippen molar-refractivity contribution in [3.05, 3.63) is 0 Å². The molecule has 76 valence electrons. The summed E-state index contributed by atoms with van der Waals surface area (Å²) in [6.45, 7) is 5.99. The maximum atomic E-state index is 10.9. The number of nitrogens with zero attached hydrogens (tertiary/aromatic N) is 1. The minimum atomic E-state index is -0.363. The van der Waals surface area contributed by atoms with Crippen molar-refractivity contribution in [3.8, 4) is 0 Å². The van der Waals surface area contributed by atoms with Gasteiger partial charge in [0.2, 0.25) is 6.61 Å². The second-order valence-corrected chi connectivity index (χ2v) is 2.89. The molecule has 0 bridgehead atoms. The average Bonchev–Trinajstić information content (AvgIpc) is 2.04. The van der Waals surface area contributed by atoms with Gasteiger partial charge in [0.15, 0.2) is 0 Å². The van der Waals surface area contributed by atoms with Crippen LogP contribution in [0.1, 0.15) is 33.6 Å². The molecule has 0 aliphatic heterocycles. The highest BCUT2D eigenvalue weighted by molar-refractivity contribution is 5.78. The van der Waals surface area contributed by atoms with E-state index in [1.807, 2.05) is 6.92 Å². The van der Waals surface area contributed by atoms with Gasteiger partial charge in [-0.15, -0.1) is 0 Å². The van der Waals surface area contributed by atoms with Crippen molar-refractivity contribution < 1.29 is 14.4 Å². The van der Waals surface area contributed by atoms with Gasteiger partial charge in [0.1, 0.15) is 0 Å². The van der Waals surface area contributed by atoms with Crippen LogP contribution in [0.2, 0.25) is 0 Å². The van der Waals surface area contributed by atoms with Crippen LogP contribution < -0.4 is 0 Å². The zero-order valence-corrected chi connectivity index (χ0v) is 8.50. The van der Waals surface area contributed by atoms with Crippen molar-refractivity contribution in [2.45, 2.75) is 33.6 Å². The molecule has 0 aliphatic rings. The Labute approximate surface area is 78.9 Å². The van der Waals surface area contributed by atoms with E-state index in [4.69, 9.17) is 9.57 Å². The van der Waals surface area contributed by atoms with Gasteiger partial charge < -0.3 is 9.57 Å². The molecule has 0 rings (SSSR count). The zero-order chi connectivity index (χ0) is 10.1. The molecule has 0 aliphatic carbocycles. The lowest BCUT2D eigenvalue weighted by molar-refractivity contribution is -0.149. The molecule has 0 N–H and O–H groups in total. The Balaban J connectivity index is 3.36. The summed E-state index contributed by atoms with van der Waals surface area (Å²) in [7, 11) is 0. The Kier molecular flexibility index (Phi) is 6.96. The minimum Gasteiger partial charge on any atom is -0.463 e. The van der Waals surface area contributed by atoms with Crippen molar-refractivity contribution in [1.29, 1.82) is 0 Å². The lowest BCUT2D eigenvalue weighted by Gasteiger charge is -2.02. The fourth-order valence-corrected chi connectivity index (χ4v) is 0.586. The molecule has 0 aromatic carbocycles. The van der Waals surface area contributed by atoms with Gasteiger partial charge in [-0.1, -0.05) is 18.5 Å². The third kappa shape index (κ3) is 8.85. The smallest absolute Gasteiger partial charge is 0.347 e. The van der Waals surface area contributed by atoms with Crippen molar-refractivity contribution in [3.63, 3.8) is 0 Å². The Bertz CT molecular complexity index is 174. The number of esters is 1. The van der Waals surface area contributed by atoms with E-state index in [0.29, 0.717) is 6.61 Å². The molecule has 0 amide bonds. The van der Waals surface area contributed by atoms with Crippen LogP contribution in [0.5, 0.6) is 0 Å². The lowest BCUT2D eigenvalue weighted by atomic mass is 10.4. The topological polar surface area (TPSA) is 47.9 Å². The summed E-state index contributed by atoms with van der Waals surface area (Å²) >= 11 is 0. The second kappa shape index (κ2) is 7.58. The first-order chi connectivity index (χ1) is 6.16. The van der Waals surface area contributed by atoms with E-state index in [1.54, 1.807) is 13.8 Å². The molecule has 0 atom stereocenters. The average molecular weight is 187 g/mol. The van der Waals surface area contributed by atoms with Gasteiger partial charge >= 0.3 is 5.97 Å². The molecule has 13 heavy (non-hydrogen) atoms. The van der Waals surface area contributed by atoms with Crippen molar-refractivity contribution in [2.75, 3.05) is 13.2 Å². The molecular weight excluding hydrogens is 170 g/mol. The summed E-state index contributed by atoms with van der Waals surface area (Å²) in [6, 6.07) is 0. The van der Waals surface area contributed by atoms with Gasteiger partial charge in [-0.25, -0.2) is 4.79 Å². The van der Waals surface area contributed by atoms with Crippen LogP contribution in [-0.4, -0.2) is 24.9 Å². The SMILES string of the molecule is CCCCOC(=O)CON=C(C)C. The maximum absolute atomic E-state index is 10.9. The molecule has 0 fully saturated rings. The predicted molar refractivity (Wildman–Crippen MR) is 50.6 cm³/mol. The van der Waals surface area contributed by atoms with Gasteiger partial charge in [-0.2, -0.15) is 0 Å². The lowest BCUT2D eigenvalue weighted by Crippen LogP contribution is -2.11. The molecule has 0 spiro atoms. The van der Waals surface area contributed by atoms with E-state index in [0.717, 1.165) is 18.6 Å². The quantitative estimate of drug-likeness (QED) is 0.275. The molecule has 0 heterocycles. The molecule has 0 aromatic rings. The molecule has 0 saturated carbocycles. The zero-order valence-electron chi connectivity index (χ0n) is 8.50. The summed E-state index contributed by atoms with van der Waals surface area (Å²) in [5.74, 6) is -0.363. The van der Waals surface area contributed by atoms with Crippen LogP contribution in [0.3, 0.4) is 0 Å². The second-order valence-electron chi connectivity index (χ2n) is 2.89. The van der Waals surface area contributed by atoms with E-state index in [-0.39, 0.29) is 12.6 Å². The Morgan fingerprint density at radius 2 is 2.08 bits per heavy atom. The fraction of sp³-hybridized carbons (Fsp3) is 0.778. The van der Waals surface area contributed by atoms with Crippen molar-refractivity contribution in [1.82, 2.24) is 0 Å². The highest BCUT2D eigenvalue weighted by Gasteiger charge is 2.01. The van der Waals surface area contributed by atoms with Crippen LogP contribution in [0.25, 0.3) is 0 Å². The Hall–Kier alpha value is -1.06. The van der Waals surface area contributed by atoms with Crippen molar-refractivity contribution in [2.24, 2.45) is 5.16 Å². The Morgan fingerprint density at radius 1 is 1.38 bits per heavy atom. The number of carbonyl (C=O) groups is 1. The van der Waals surface area contributed by atoms with Crippen LogP contribution in [0.4, 0.5) is 0 Å². The largest absolute Gasteiger partial charge is 0.463 e. The third-order valence-electron chi connectivity index (χ3n) is 1.19. The number of hydrogen-bond acceptors (Lipinski definition) is 4. The third-order valence-corrected chi connectivity index (χ3v) is 1.19. The normalized spacial score (nSPS) is 9.15. The molecule has 0 radical (unpaired) electrons. The number of ether oxygens (including phenoxy) is 1. The van der Waals surface area contributed by atoms with Gasteiger partial charge in [0.05, 0.1) is 12.3 Å². The number of unbranched alkanes of at least 4 members (excludes halogenated alkanes) is 1. The summed E-state index contributed by atoms with van der Waals surface area (Å²) in [5.41, 5.74) is 0.779. The maximum Gasteiger partial charge on any atom is 0.347 e. The summed E-state index contributed by atoms with van der Waals surface area (Å²) in [6.07, 6.45) is 1.90. The van der Waals surface area contributed by atoms with E-state index < -0.39 is 0 Å². The van der Waals surface area contributed by atoms with E-state index in [9.17, 15) is 4.79 Å². The summed E-state index contributed by atoms with van der Waals surface area (Å²) in [5, 5.41) is 3.61. The number of rotatable bonds is 6. The van der Waals surface area contributed by atoms with Crippen molar-refractivity contribution >= 4 is 11.7 Å². The first-order valence-electron chi connectivity index (χ1n) is 4.45. The molecule has 0 saturated heterocycles. The Morgan fingerprint density at radius 3 is 2.62 bits per heavy atom. The van der Waals surface area contributed by atoms with Crippen LogP contribution >= 0.6 is 0 Å². The minimum absolute atomic E-state index is 0.102. The highest BCUT2D eigenvalue weighted by atomic mass is 16.7. The fourth-order valence-electron chi connectivity index (χ4n) is 0.586. The number of oxime groups is 1. The summed E-state index contributed by atoms with van der Waals surface area (Å²) in [4.78, 5) is 15.6.